The number of aromatic nitrogens is 2. The molecule has 0 saturated carbocycles. The minimum atomic E-state index is -3.33. The van der Waals surface area contributed by atoms with Crippen LogP contribution in [0, 0.1) is 6.92 Å². The first-order valence-corrected chi connectivity index (χ1v) is 10.4. The first-order chi connectivity index (χ1) is 12.6. The van der Waals surface area contributed by atoms with Gasteiger partial charge in [0.25, 0.3) is 5.56 Å². The molecule has 1 N–H and O–H groups in total. The average molecular weight is 404 g/mol. The molecule has 27 heavy (non-hydrogen) atoms. The van der Waals surface area contributed by atoms with Crippen molar-refractivity contribution in [1.29, 1.82) is 0 Å². The van der Waals surface area contributed by atoms with Crippen molar-refractivity contribution in [1.82, 2.24) is 9.55 Å². The number of allylic oxidation sites excluding steroid dienone is 1. The van der Waals surface area contributed by atoms with Crippen LogP contribution in [0.25, 0.3) is 0 Å². The van der Waals surface area contributed by atoms with E-state index in [1.807, 2.05) is 0 Å². The molecule has 1 rings (SSSR count). The molecule has 0 amide bonds. The Kier molecular flexibility index (Phi) is 9.90. The number of aromatic amines is 1. The highest BCUT2D eigenvalue weighted by molar-refractivity contribution is 7.53. The summed E-state index contributed by atoms with van der Waals surface area (Å²) in [6, 6.07) is 0. The van der Waals surface area contributed by atoms with E-state index in [1.165, 1.54) is 10.8 Å². The SMILES string of the molecule is Cc1cn(C/C=C\COCOCP(=O)(OC(C)C)OC(C)C)c(=O)[nH]c1=O. The fourth-order valence-corrected chi connectivity index (χ4v) is 3.82. The fraction of sp³-hybridized carbons (Fsp3) is 0.647. The van der Waals surface area contributed by atoms with Gasteiger partial charge in [-0.05, 0) is 34.6 Å². The van der Waals surface area contributed by atoms with Crippen LogP contribution in [0.15, 0.2) is 27.9 Å². The predicted molar refractivity (Wildman–Crippen MR) is 102 cm³/mol. The van der Waals surface area contributed by atoms with E-state index in [4.69, 9.17) is 18.5 Å². The van der Waals surface area contributed by atoms with Crippen molar-refractivity contribution < 1.29 is 23.1 Å². The van der Waals surface area contributed by atoms with Gasteiger partial charge in [-0.1, -0.05) is 12.2 Å². The number of hydrogen-bond acceptors (Lipinski definition) is 7. The Balaban J connectivity index is 2.34. The Hall–Kier alpha value is -1.51. The number of aryl methyl sites for hydroxylation is 1. The number of ether oxygens (including phenoxy) is 2. The molecule has 1 aromatic rings. The van der Waals surface area contributed by atoms with Crippen LogP contribution >= 0.6 is 7.60 Å². The molecule has 1 aromatic heterocycles. The van der Waals surface area contributed by atoms with Crippen LogP contribution in [-0.2, 0) is 29.6 Å². The largest absolute Gasteiger partial charge is 0.356 e. The van der Waals surface area contributed by atoms with Crippen molar-refractivity contribution in [3.8, 4) is 0 Å². The van der Waals surface area contributed by atoms with E-state index in [9.17, 15) is 14.2 Å². The molecule has 154 valence electrons. The van der Waals surface area contributed by atoms with Crippen molar-refractivity contribution in [3.63, 3.8) is 0 Å². The van der Waals surface area contributed by atoms with Gasteiger partial charge in [-0.15, -0.1) is 0 Å². The highest BCUT2D eigenvalue weighted by Crippen LogP contribution is 2.50. The van der Waals surface area contributed by atoms with Crippen molar-refractivity contribution in [3.05, 3.63) is 44.8 Å². The van der Waals surface area contributed by atoms with Crippen LogP contribution in [0.5, 0.6) is 0 Å². The summed E-state index contributed by atoms with van der Waals surface area (Å²) in [5.41, 5.74) is -0.393. The van der Waals surface area contributed by atoms with Crippen LogP contribution in [-0.4, -0.2) is 41.5 Å². The number of nitrogens with one attached hydrogen (secondary N) is 1. The van der Waals surface area contributed by atoms with Gasteiger partial charge >= 0.3 is 13.3 Å². The molecule has 0 unspecified atom stereocenters. The Morgan fingerprint density at radius 2 is 1.74 bits per heavy atom. The molecule has 9 nitrogen and oxygen atoms in total. The van der Waals surface area contributed by atoms with Gasteiger partial charge in [0.15, 0.2) is 6.35 Å². The lowest BCUT2D eigenvalue weighted by molar-refractivity contribution is -0.0354. The van der Waals surface area contributed by atoms with E-state index in [0.717, 1.165) is 0 Å². The number of rotatable bonds is 12. The molecule has 0 fully saturated rings. The summed E-state index contributed by atoms with van der Waals surface area (Å²) in [7, 11) is -3.33. The van der Waals surface area contributed by atoms with Gasteiger partial charge in [-0.25, -0.2) is 4.79 Å². The van der Waals surface area contributed by atoms with Crippen molar-refractivity contribution in [2.75, 3.05) is 19.7 Å². The average Bonchev–Trinajstić information content (AvgIpc) is 2.52. The number of hydrogen-bond donors (Lipinski definition) is 1. The fourth-order valence-electron chi connectivity index (χ4n) is 2.06. The van der Waals surface area contributed by atoms with Crippen molar-refractivity contribution in [2.24, 2.45) is 0 Å². The maximum Gasteiger partial charge on any atom is 0.356 e. The van der Waals surface area contributed by atoms with Crippen molar-refractivity contribution >= 4 is 7.60 Å². The van der Waals surface area contributed by atoms with Crippen LogP contribution in [0.3, 0.4) is 0 Å². The molecule has 0 bridgehead atoms. The lowest BCUT2D eigenvalue weighted by Crippen LogP contribution is -2.30. The second-order valence-electron chi connectivity index (χ2n) is 6.44. The predicted octanol–water partition coefficient (Wildman–Crippen LogP) is 2.39. The normalized spacial score (nSPS) is 12.6. The van der Waals surface area contributed by atoms with Gasteiger partial charge in [0.05, 0.1) is 18.8 Å². The standard InChI is InChI=1S/C17H29N2O7P/c1-13(2)25-27(22,26-14(3)4)12-24-11-23-9-7-6-8-19-10-15(5)16(20)18-17(19)21/h6-7,10,13-14H,8-9,11-12H2,1-5H3,(H,18,20,21)/b7-6-. The van der Waals surface area contributed by atoms with Gasteiger partial charge < -0.3 is 18.5 Å². The summed E-state index contributed by atoms with van der Waals surface area (Å²) in [5, 5.41) is 0. The van der Waals surface area contributed by atoms with Gasteiger partial charge in [0.2, 0.25) is 0 Å². The lowest BCUT2D eigenvalue weighted by Gasteiger charge is -2.22. The van der Waals surface area contributed by atoms with E-state index in [0.29, 0.717) is 12.1 Å². The van der Waals surface area contributed by atoms with Crippen LogP contribution in [0.2, 0.25) is 0 Å². The first-order valence-electron chi connectivity index (χ1n) is 8.69. The number of nitrogens with zero attached hydrogens (tertiary/aromatic N) is 1. The number of H-pyrrole nitrogens is 1. The Morgan fingerprint density at radius 1 is 1.11 bits per heavy atom. The van der Waals surface area contributed by atoms with Gasteiger partial charge in [-0.2, -0.15) is 0 Å². The van der Waals surface area contributed by atoms with Gasteiger partial charge in [0.1, 0.15) is 6.79 Å². The van der Waals surface area contributed by atoms with E-state index in [1.54, 1.807) is 46.8 Å². The summed E-state index contributed by atoms with van der Waals surface area (Å²) in [5.74, 6) is 0. The van der Waals surface area contributed by atoms with Crippen LogP contribution in [0.4, 0.5) is 0 Å². The third-order valence-electron chi connectivity index (χ3n) is 3.03. The second-order valence-corrected chi connectivity index (χ2v) is 8.34. The van der Waals surface area contributed by atoms with Crippen molar-refractivity contribution in [2.45, 2.75) is 53.4 Å². The molecule has 0 radical (unpaired) electrons. The first kappa shape index (κ1) is 23.5. The molecule has 1 heterocycles. The van der Waals surface area contributed by atoms with E-state index in [2.05, 4.69) is 4.98 Å². The third kappa shape index (κ3) is 9.30. The smallest absolute Gasteiger partial charge is 0.351 e. The summed E-state index contributed by atoms with van der Waals surface area (Å²) in [4.78, 5) is 25.1. The molecule has 0 saturated heterocycles. The summed E-state index contributed by atoms with van der Waals surface area (Å²) < 4.78 is 35.1. The zero-order valence-corrected chi connectivity index (χ0v) is 17.4. The quantitative estimate of drug-likeness (QED) is 0.247. The summed E-state index contributed by atoms with van der Waals surface area (Å²) in [6.07, 6.45) is 4.25. The molecule has 0 atom stereocenters. The minimum Gasteiger partial charge on any atom is -0.351 e. The zero-order valence-electron chi connectivity index (χ0n) is 16.5. The summed E-state index contributed by atoms with van der Waals surface area (Å²) >= 11 is 0. The minimum absolute atomic E-state index is 0.0745. The molecule has 10 heteroatoms. The highest BCUT2D eigenvalue weighted by Gasteiger charge is 2.28. The van der Waals surface area contributed by atoms with E-state index < -0.39 is 13.3 Å². The maximum absolute atomic E-state index is 12.5. The zero-order chi connectivity index (χ0) is 20.4. The van der Waals surface area contributed by atoms with E-state index in [-0.39, 0.29) is 37.5 Å². The molecule has 0 spiro atoms. The second kappa shape index (κ2) is 11.4. The van der Waals surface area contributed by atoms with Crippen LogP contribution in [0.1, 0.15) is 33.3 Å². The maximum atomic E-state index is 12.5. The molecule has 0 aromatic carbocycles. The Bertz CT molecular complexity index is 753. The molecular formula is C17H29N2O7P. The third-order valence-corrected chi connectivity index (χ3v) is 5.02. The van der Waals surface area contributed by atoms with Gasteiger partial charge in [0, 0.05) is 18.3 Å². The lowest BCUT2D eigenvalue weighted by atomic mass is 10.4. The van der Waals surface area contributed by atoms with E-state index >= 15 is 0 Å². The molecular weight excluding hydrogens is 375 g/mol. The molecule has 0 aliphatic rings. The topological polar surface area (TPSA) is 109 Å². The Labute approximate surface area is 158 Å². The monoisotopic (exact) mass is 404 g/mol. The highest BCUT2D eigenvalue weighted by atomic mass is 31.2. The summed E-state index contributed by atoms with van der Waals surface area (Å²) in [6.45, 7) is 9.19. The Morgan fingerprint density at radius 3 is 2.33 bits per heavy atom. The molecule has 0 aliphatic carbocycles. The van der Waals surface area contributed by atoms with Gasteiger partial charge in [-0.3, -0.25) is 18.9 Å². The molecule has 0 aliphatic heterocycles. The van der Waals surface area contributed by atoms with Crippen LogP contribution < -0.4 is 11.2 Å².